The Morgan fingerprint density at radius 3 is 2.39 bits per heavy atom. The molecule has 0 radical (unpaired) electrons. The van der Waals surface area contributed by atoms with Crippen molar-refractivity contribution >= 4 is 5.91 Å². The van der Waals surface area contributed by atoms with Gasteiger partial charge < -0.3 is 19.7 Å². The van der Waals surface area contributed by atoms with Crippen LogP contribution >= 0.6 is 0 Å². The third-order valence-corrected chi connectivity index (χ3v) is 4.64. The Morgan fingerprint density at radius 1 is 1.09 bits per heavy atom. The van der Waals surface area contributed by atoms with Crippen molar-refractivity contribution in [1.29, 1.82) is 0 Å². The maximum atomic E-state index is 12.6. The molecule has 1 N–H and O–H groups in total. The standard InChI is InChI=1S/C17H25N3O3/c1-22-15-9-13-3-6-20(11-14(13)10-16(15)23-2)17(21)12-19-7-4-18-5-8-19/h9-10,18H,3-8,11-12H2,1-2H3. The Morgan fingerprint density at radius 2 is 1.74 bits per heavy atom. The lowest BCUT2D eigenvalue weighted by Crippen LogP contribution is -2.49. The molecule has 2 heterocycles. The number of carbonyl (C=O) groups is 1. The Hall–Kier alpha value is -1.79. The normalized spacial score (nSPS) is 18.4. The zero-order valence-electron chi connectivity index (χ0n) is 13.9. The van der Waals surface area contributed by atoms with Crippen molar-refractivity contribution in [1.82, 2.24) is 15.1 Å². The third-order valence-electron chi connectivity index (χ3n) is 4.64. The second kappa shape index (κ2) is 7.19. The molecule has 6 heteroatoms. The van der Waals surface area contributed by atoms with Crippen LogP contribution in [0.1, 0.15) is 11.1 Å². The summed E-state index contributed by atoms with van der Waals surface area (Å²) in [4.78, 5) is 16.7. The fraction of sp³-hybridized carbons (Fsp3) is 0.588. The van der Waals surface area contributed by atoms with Crippen LogP contribution in [0.2, 0.25) is 0 Å². The average molecular weight is 319 g/mol. The second-order valence-electron chi connectivity index (χ2n) is 6.07. The molecule has 1 aromatic rings. The van der Waals surface area contributed by atoms with Gasteiger partial charge in [0.2, 0.25) is 5.91 Å². The van der Waals surface area contributed by atoms with Crippen molar-refractivity contribution in [2.75, 3.05) is 53.5 Å². The smallest absolute Gasteiger partial charge is 0.237 e. The molecule has 2 aliphatic rings. The lowest BCUT2D eigenvalue weighted by Gasteiger charge is -2.33. The quantitative estimate of drug-likeness (QED) is 0.876. The van der Waals surface area contributed by atoms with E-state index in [0.717, 1.165) is 56.2 Å². The summed E-state index contributed by atoms with van der Waals surface area (Å²) in [7, 11) is 3.29. The van der Waals surface area contributed by atoms with Gasteiger partial charge in [-0.15, -0.1) is 0 Å². The maximum absolute atomic E-state index is 12.6. The SMILES string of the molecule is COc1cc2c(cc1OC)CN(C(=O)CN1CCNCC1)CC2. The van der Waals surface area contributed by atoms with Gasteiger partial charge in [-0.3, -0.25) is 9.69 Å². The van der Waals surface area contributed by atoms with E-state index in [1.165, 1.54) is 5.56 Å². The number of methoxy groups -OCH3 is 2. The number of piperazine rings is 1. The van der Waals surface area contributed by atoms with Gasteiger partial charge in [0, 0.05) is 39.3 Å². The van der Waals surface area contributed by atoms with Gasteiger partial charge in [0.05, 0.1) is 20.8 Å². The molecule has 1 aromatic carbocycles. The van der Waals surface area contributed by atoms with Crippen molar-refractivity contribution in [2.24, 2.45) is 0 Å². The molecule has 0 saturated carbocycles. The molecule has 23 heavy (non-hydrogen) atoms. The molecular formula is C17H25N3O3. The van der Waals surface area contributed by atoms with Crippen LogP contribution in [-0.4, -0.2) is 69.2 Å². The highest BCUT2D eigenvalue weighted by atomic mass is 16.5. The van der Waals surface area contributed by atoms with E-state index in [9.17, 15) is 4.79 Å². The van der Waals surface area contributed by atoms with Crippen molar-refractivity contribution < 1.29 is 14.3 Å². The molecular weight excluding hydrogens is 294 g/mol. The van der Waals surface area contributed by atoms with E-state index < -0.39 is 0 Å². The Balaban J connectivity index is 1.68. The average Bonchev–Trinajstić information content (AvgIpc) is 2.60. The molecule has 0 spiro atoms. The van der Waals surface area contributed by atoms with Crippen LogP contribution in [0.25, 0.3) is 0 Å². The lowest BCUT2D eigenvalue weighted by molar-refractivity contribution is -0.133. The van der Waals surface area contributed by atoms with Crippen LogP contribution in [-0.2, 0) is 17.8 Å². The largest absolute Gasteiger partial charge is 0.493 e. The maximum Gasteiger partial charge on any atom is 0.237 e. The van der Waals surface area contributed by atoms with Crippen molar-refractivity contribution in [3.63, 3.8) is 0 Å². The van der Waals surface area contributed by atoms with Crippen LogP contribution in [0.15, 0.2) is 12.1 Å². The fourth-order valence-corrected chi connectivity index (χ4v) is 3.26. The summed E-state index contributed by atoms with van der Waals surface area (Å²) < 4.78 is 10.7. The first-order valence-electron chi connectivity index (χ1n) is 8.16. The number of amides is 1. The van der Waals surface area contributed by atoms with E-state index in [4.69, 9.17) is 9.47 Å². The van der Waals surface area contributed by atoms with Crippen LogP contribution in [0.5, 0.6) is 11.5 Å². The number of hydrogen-bond acceptors (Lipinski definition) is 5. The molecule has 1 saturated heterocycles. The zero-order valence-corrected chi connectivity index (χ0v) is 13.9. The molecule has 6 nitrogen and oxygen atoms in total. The summed E-state index contributed by atoms with van der Waals surface area (Å²) in [6.45, 7) is 5.76. The zero-order chi connectivity index (χ0) is 16.2. The number of benzene rings is 1. The summed E-state index contributed by atoms with van der Waals surface area (Å²) in [5.41, 5.74) is 2.40. The van der Waals surface area contributed by atoms with Crippen LogP contribution in [0.3, 0.4) is 0 Å². The number of ether oxygens (including phenoxy) is 2. The lowest BCUT2D eigenvalue weighted by atomic mass is 9.98. The van der Waals surface area contributed by atoms with Gasteiger partial charge in [0.15, 0.2) is 11.5 Å². The molecule has 0 atom stereocenters. The number of carbonyl (C=O) groups excluding carboxylic acids is 1. The number of nitrogens with zero attached hydrogens (tertiary/aromatic N) is 2. The van der Waals surface area contributed by atoms with E-state index in [0.29, 0.717) is 13.1 Å². The van der Waals surface area contributed by atoms with Crippen molar-refractivity contribution in [3.8, 4) is 11.5 Å². The van der Waals surface area contributed by atoms with Gasteiger partial charge in [-0.2, -0.15) is 0 Å². The molecule has 0 bridgehead atoms. The van der Waals surface area contributed by atoms with Gasteiger partial charge >= 0.3 is 0 Å². The van der Waals surface area contributed by atoms with Crippen molar-refractivity contribution in [3.05, 3.63) is 23.3 Å². The van der Waals surface area contributed by atoms with Crippen LogP contribution in [0, 0.1) is 0 Å². The summed E-state index contributed by atoms with van der Waals surface area (Å²) in [6.07, 6.45) is 0.864. The van der Waals surface area contributed by atoms with Gasteiger partial charge in [0.25, 0.3) is 0 Å². The number of fused-ring (bicyclic) bond motifs is 1. The summed E-state index contributed by atoms with van der Waals surface area (Å²) in [6, 6.07) is 4.03. The fourth-order valence-electron chi connectivity index (χ4n) is 3.26. The van der Waals surface area contributed by atoms with E-state index in [1.807, 2.05) is 17.0 Å². The molecule has 1 amide bonds. The summed E-state index contributed by atoms with van der Waals surface area (Å²) in [5.74, 6) is 1.70. The predicted octanol–water partition coefficient (Wildman–Crippen LogP) is 0.494. The Labute approximate surface area is 137 Å². The van der Waals surface area contributed by atoms with Crippen LogP contribution < -0.4 is 14.8 Å². The highest BCUT2D eigenvalue weighted by molar-refractivity contribution is 5.78. The first kappa shape index (κ1) is 16.1. The minimum Gasteiger partial charge on any atom is -0.493 e. The van der Waals surface area contributed by atoms with Crippen LogP contribution in [0.4, 0.5) is 0 Å². The minimum atomic E-state index is 0.215. The monoisotopic (exact) mass is 319 g/mol. The van der Waals surface area contributed by atoms with E-state index in [2.05, 4.69) is 10.2 Å². The predicted molar refractivity (Wildman–Crippen MR) is 88.0 cm³/mol. The first-order chi connectivity index (χ1) is 11.2. The topological polar surface area (TPSA) is 54.0 Å². The Bertz CT molecular complexity index is 570. The summed E-state index contributed by atoms with van der Waals surface area (Å²) in [5, 5.41) is 3.31. The van der Waals surface area contributed by atoms with E-state index >= 15 is 0 Å². The molecule has 3 rings (SSSR count). The molecule has 0 aromatic heterocycles. The highest BCUT2D eigenvalue weighted by Gasteiger charge is 2.24. The van der Waals surface area contributed by atoms with Crippen molar-refractivity contribution in [2.45, 2.75) is 13.0 Å². The molecule has 1 fully saturated rings. The first-order valence-corrected chi connectivity index (χ1v) is 8.16. The Kier molecular flexibility index (Phi) is 5.03. The van der Waals surface area contributed by atoms with E-state index in [-0.39, 0.29) is 5.91 Å². The molecule has 0 aliphatic carbocycles. The number of hydrogen-bond donors (Lipinski definition) is 1. The minimum absolute atomic E-state index is 0.215. The summed E-state index contributed by atoms with van der Waals surface area (Å²) >= 11 is 0. The van der Waals surface area contributed by atoms with Gasteiger partial charge in [-0.1, -0.05) is 0 Å². The van der Waals surface area contributed by atoms with Gasteiger partial charge in [-0.25, -0.2) is 0 Å². The molecule has 126 valence electrons. The third kappa shape index (κ3) is 3.59. The number of nitrogens with one attached hydrogen (secondary N) is 1. The van der Waals surface area contributed by atoms with Gasteiger partial charge in [-0.05, 0) is 29.7 Å². The van der Waals surface area contributed by atoms with E-state index in [1.54, 1.807) is 14.2 Å². The molecule has 0 unspecified atom stereocenters. The second-order valence-corrected chi connectivity index (χ2v) is 6.07. The highest BCUT2D eigenvalue weighted by Crippen LogP contribution is 2.33. The molecule has 2 aliphatic heterocycles. The van der Waals surface area contributed by atoms with Gasteiger partial charge in [0.1, 0.15) is 0 Å². The number of rotatable bonds is 4.